The number of amides is 1. The second-order valence-corrected chi connectivity index (χ2v) is 9.46. The van der Waals surface area contributed by atoms with Crippen molar-refractivity contribution in [2.24, 2.45) is 11.1 Å². The van der Waals surface area contributed by atoms with Crippen molar-refractivity contribution in [2.45, 2.75) is 43.7 Å². The molecule has 2 heterocycles. The Morgan fingerprint density at radius 1 is 1.25 bits per heavy atom. The monoisotopic (exact) mass is 426 g/mol. The minimum atomic E-state index is -3.71. The molecule has 1 aromatic rings. The number of thiocarbonyl (C=S) groups is 1. The first-order chi connectivity index (χ1) is 13.2. The summed E-state index contributed by atoms with van der Waals surface area (Å²) in [5, 5.41) is 8.81. The normalized spacial score (nSPS) is 21.1. The molecule has 3 rings (SSSR count). The number of hydrogen-bond donors (Lipinski definition) is 2. The maximum Gasteiger partial charge on any atom is 0.410 e. The molecule has 2 saturated heterocycles. The molecule has 2 aliphatic rings. The molecule has 2 aliphatic heterocycles. The van der Waals surface area contributed by atoms with Crippen molar-refractivity contribution in [1.82, 2.24) is 9.80 Å². The predicted octanol–water partition coefficient (Wildman–Crippen LogP) is 1.97. The van der Waals surface area contributed by atoms with Crippen LogP contribution in [0, 0.1) is 5.92 Å². The predicted molar refractivity (Wildman–Crippen MR) is 110 cm³/mol. The Morgan fingerprint density at radius 3 is 2.39 bits per heavy atom. The van der Waals surface area contributed by atoms with Crippen molar-refractivity contribution in [2.75, 3.05) is 25.0 Å². The smallest absolute Gasteiger partial charge is 0.410 e. The molecule has 2 fully saturated rings. The number of carbonyl (C=O) groups excluding carboxylic acids is 1. The lowest BCUT2D eigenvalue weighted by Gasteiger charge is -2.39. The fourth-order valence-corrected chi connectivity index (χ4v) is 4.47. The Bertz CT molecular complexity index is 834. The molecule has 1 unspecified atom stereocenters. The Kier molecular flexibility index (Phi) is 6.11. The van der Waals surface area contributed by atoms with E-state index in [-0.39, 0.29) is 23.1 Å². The van der Waals surface area contributed by atoms with Gasteiger partial charge in [-0.3, -0.25) is 4.90 Å². The summed E-state index contributed by atoms with van der Waals surface area (Å²) in [6, 6.07) is 6.44. The SMILES string of the molecule is CC(C)C1COC(=O)N1C1CCN(C(=S)Nc2ccc(S(N)(=O)=O)cc2)CC1. The van der Waals surface area contributed by atoms with Crippen LogP contribution in [0.4, 0.5) is 10.5 Å². The summed E-state index contributed by atoms with van der Waals surface area (Å²) in [6.45, 7) is 6.15. The standard InChI is InChI=1S/C18H26N4O4S2/c1-12(2)16-11-26-18(23)22(16)14-7-9-21(10-8-14)17(27)20-13-3-5-15(6-4-13)28(19,24)25/h3-6,12,14,16H,7-11H2,1-2H3,(H,20,27)(H2,19,24,25). The van der Waals surface area contributed by atoms with Crippen molar-refractivity contribution in [1.29, 1.82) is 0 Å². The molecular weight excluding hydrogens is 400 g/mol. The van der Waals surface area contributed by atoms with E-state index in [4.69, 9.17) is 22.1 Å². The molecule has 8 nitrogen and oxygen atoms in total. The van der Waals surface area contributed by atoms with Crippen LogP contribution in [-0.4, -0.2) is 61.2 Å². The summed E-state index contributed by atoms with van der Waals surface area (Å²) in [6.07, 6.45) is 1.43. The second-order valence-electron chi connectivity index (χ2n) is 7.51. The lowest BCUT2D eigenvalue weighted by atomic mass is 9.98. The first kappa shape index (κ1) is 20.8. The number of anilines is 1. The van der Waals surface area contributed by atoms with Gasteiger partial charge in [0.05, 0.1) is 10.9 Å². The zero-order chi connectivity index (χ0) is 20.5. The van der Waals surface area contributed by atoms with E-state index in [0.29, 0.717) is 23.3 Å². The van der Waals surface area contributed by atoms with Gasteiger partial charge in [-0.05, 0) is 55.2 Å². The Balaban J connectivity index is 1.56. The second kappa shape index (κ2) is 8.22. The van der Waals surface area contributed by atoms with E-state index in [0.717, 1.165) is 25.9 Å². The van der Waals surface area contributed by atoms with E-state index in [1.165, 1.54) is 12.1 Å². The van der Waals surface area contributed by atoms with Crippen LogP contribution in [0.1, 0.15) is 26.7 Å². The van der Waals surface area contributed by atoms with E-state index >= 15 is 0 Å². The van der Waals surface area contributed by atoms with E-state index < -0.39 is 10.0 Å². The summed E-state index contributed by atoms with van der Waals surface area (Å²) in [5.74, 6) is 0.354. The number of primary sulfonamides is 1. The number of benzene rings is 1. The van der Waals surface area contributed by atoms with Gasteiger partial charge in [0, 0.05) is 24.8 Å². The lowest BCUT2D eigenvalue weighted by Crippen LogP contribution is -2.51. The third kappa shape index (κ3) is 4.56. The molecule has 28 heavy (non-hydrogen) atoms. The highest BCUT2D eigenvalue weighted by Crippen LogP contribution is 2.27. The lowest BCUT2D eigenvalue weighted by molar-refractivity contribution is 0.115. The van der Waals surface area contributed by atoms with Gasteiger partial charge in [0.1, 0.15) is 6.61 Å². The van der Waals surface area contributed by atoms with Crippen LogP contribution >= 0.6 is 12.2 Å². The number of ether oxygens (including phenoxy) is 1. The highest BCUT2D eigenvalue weighted by molar-refractivity contribution is 7.89. The number of nitrogens with two attached hydrogens (primary N) is 1. The molecule has 10 heteroatoms. The number of nitrogens with zero attached hydrogens (tertiary/aromatic N) is 2. The first-order valence-corrected chi connectivity index (χ1v) is 11.3. The van der Waals surface area contributed by atoms with Gasteiger partial charge in [0.25, 0.3) is 0 Å². The number of sulfonamides is 1. The molecule has 0 saturated carbocycles. The van der Waals surface area contributed by atoms with Crippen LogP contribution < -0.4 is 10.5 Å². The quantitative estimate of drug-likeness (QED) is 0.709. The molecule has 1 amide bonds. The number of hydrogen-bond acceptors (Lipinski definition) is 5. The Hall–Kier alpha value is -1.91. The van der Waals surface area contributed by atoms with E-state index in [2.05, 4.69) is 24.1 Å². The van der Waals surface area contributed by atoms with Crippen LogP contribution in [-0.2, 0) is 14.8 Å². The summed E-state index contributed by atoms with van der Waals surface area (Å²) >= 11 is 5.49. The maximum absolute atomic E-state index is 12.1. The molecule has 0 spiro atoms. The van der Waals surface area contributed by atoms with Crippen molar-refractivity contribution in [3.8, 4) is 0 Å². The third-order valence-corrected chi connectivity index (χ3v) is 6.58. The number of likely N-dealkylation sites (tertiary alicyclic amines) is 1. The number of rotatable bonds is 4. The molecule has 0 aliphatic carbocycles. The van der Waals surface area contributed by atoms with Gasteiger partial charge in [-0.15, -0.1) is 0 Å². The highest BCUT2D eigenvalue weighted by atomic mass is 32.2. The number of nitrogens with one attached hydrogen (secondary N) is 1. The van der Waals surface area contributed by atoms with E-state index in [1.54, 1.807) is 12.1 Å². The Morgan fingerprint density at radius 2 is 1.86 bits per heavy atom. The summed E-state index contributed by atoms with van der Waals surface area (Å²) in [7, 11) is -3.71. The van der Waals surface area contributed by atoms with Gasteiger partial charge < -0.3 is 15.0 Å². The molecule has 154 valence electrons. The van der Waals surface area contributed by atoms with Gasteiger partial charge in [0.2, 0.25) is 10.0 Å². The zero-order valence-corrected chi connectivity index (χ0v) is 17.6. The van der Waals surface area contributed by atoms with Gasteiger partial charge >= 0.3 is 6.09 Å². The van der Waals surface area contributed by atoms with Crippen molar-refractivity contribution in [3.05, 3.63) is 24.3 Å². The molecule has 1 aromatic carbocycles. The summed E-state index contributed by atoms with van der Waals surface area (Å²) in [5.41, 5.74) is 0.697. The van der Waals surface area contributed by atoms with Crippen LogP contribution in [0.5, 0.6) is 0 Å². The van der Waals surface area contributed by atoms with Gasteiger partial charge in [-0.25, -0.2) is 18.4 Å². The van der Waals surface area contributed by atoms with Gasteiger partial charge in [0.15, 0.2) is 5.11 Å². The topological polar surface area (TPSA) is 105 Å². The molecule has 0 aromatic heterocycles. The molecule has 0 bridgehead atoms. The highest BCUT2D eigenvalue weighted by Gasteiger charge is 2.40. The summed E-state index contributed by atoms with van der Waals surface area (Å²) < 4.78 is 27.9. The molecule has 1 atom stereocenters. The minimum absolute atomic E-state index is 0.0574. The van der Waals surface area contributed by atoms with Crippen molar-refractivity contribution >= 4 is 39.1 Å². The van der Waals surface area contributed by atoms with Crippen LogP contribution in [0.2, 0.25) is 0 Å². The van der Waals surface area contributed by atoms with E-state index in [9.17, 15) is 13.2 Å². The molecule has 3 N–H and O–H groups in total. The fourth-order valence-electron chi connectivity index (χ4n) is 3.66. The fraction of sp³-hybridized carbons (Fsp3) is 0.556. The van der Waals surface area contributed by atoms with Crippen LogP contribution in [0.3, 0.4) is 0 Å². The number of piperidine rings is 1. The zero-order valence-electron chi connectivity index (χ0n) is 16.0. The van der Waals surface area contributed by atoms with Crippen LogP contribution in [0.15, 0.2) is 29.2 Å². The van der Waals surface area contributed by atoms with Crippen LogP contribution in [0.25, 0.3) is 0 Å². The third-order valence-electron chi connectivity index (χ3n) is 5.29. The Labute approximate surface area is 171 Å². The van der Waals surface area contributed by atoms with Gasteiger partial charge in [-0.1, -0.05) is 13.8 Å². The van der Waals surface area contributed by atoms with Gasteiger partial charge in [-0.2, -0.15) is 0 Å². The largest absolute Gasteiger partial charge is 0.447 e. The molecule has 0 radical (unpaired) electrons. The minimum Gasteiger partial charge on any atom is -0.447 e. The summed E-state index contributed by atoms with van der Waals surface area (Å²) in [4.78, 5) is 16.2. The average Bonchev–Trinajstić information content (AvgIpc) is 3.03. The van der Waals surface area contributed by atoms with E-state index in [1.807, 2.05) is 4.90 Å². The number of carbonyl (C=O) groups is 1. The van der Waals surface area contributed by atoms with Crippen molar-refractivity contribution in [3.63, 3.8) is 0 Å². The maximum atomic E-state index is 12.1. The first-order valence-electron chi connectivity index (χ1n) is 9.30. The average molecular weight is 427 g/mol. The van der Waals surface area contributed by atoms with Crippen molar-refractivity contribution < 1.29 is 17.9 Å². The molecular formula is C18H26N4O4S2. The number of cyclic esters (lactones) is 1.